The van der Waals surface area contributed by atoms with Gasteiger partial charge in [-0.3, -0.25) is 0 Å². The molecular weight excluding hydrogens is 254 g/mol. The van der Waals surface area contributed by atoms with Crippen molar-refractivity contribution < 1.29 is 4.42 Å². The van der Waals surface area contributed by atoms with Crippen LogP contribution in [0.15, 0.2) is 28.8 Å². The van der Waals surface area contributed by atoms with Gasteiger partial charge in [0.1, 0.15) is 5.65 Å². The fourth-order valence-electron chi connectivity index (χ4n) is 2.09. The number of aromatic nitrogens is 4. The van der Waals surface area contributed by atoms with Crippen LogP contribution in [0.4, 0.5) is 6.01 Å². The highest BCUT2D eigenvalue weighted by Gasteiger charge is 2.07. The lowest BCUT2D eigenvalue weighted by Crippen LogP contribution is -1.99. The number of nitrogens with one attached hydrogen (secondary N) is 1. The zero-order valence-electron chi connectivity index (χ0n) is 11.6. The molecule has 3 aromatic heterocycles. The van der Waals surface area contributed by atoms with Gasteiger partial charge in [0.2, 0.25) is 5.89 Å². The summed E-state index contributed by atoms with van der Waals surface area (Å²) < 4.78 is 7.54. The highest BCUT2D eigenvalue weighted by atomic mass is 16.4. The van der Waals surface area contributed by atoms with Gasteiger partial charge in [-0.05, 0) is 25.5 Å². The first-order valence-corrected chi connectivity index (χ1v) is 6.76. The van der Waals surface area contributed by atoms with Gasteiger partial charge in [0.15, 0.2) is 0 Å². The third-order valence-corrected chi connectivity index (χ3v) is 3.10. The maximum absolute atomic E-state index is 5.48. The van der Waals surface area contributed by atoms with Crippen LogP contribution in [-0.2, 0) is 13.0 Å². The summed E-state index contributed by atoms with van der Waals surface area (Å²) >= 11 is 0. The summed E-state index contributed by atoms with van der Waals surface area (Å²) in [6.07, 6.45) is 3.82. The Morgan fingerprint density at radius 1 is 1.30 bits per heavy atom. The van der Waals surface area contributed by atoms with Crippen molar-refractivity contribution in [2.75, 3.05) is 5.32 Å². The topological polar surface area (TPSA) is 68.2 Å². The van der Waals surface area contributed by atoms with Crippen LogP contribution >= 0.6 is 0 Å². The number of fused-ring (bicyclic) bond motifs is 1. The van der Waals surface area contributed by atoms with E-state index in [1.165, 1.54) is 0 Å². The van der Waals surface area contributed by atoms with Gasteiger partial charge in [0, 0.05) is 18.3 Å². The van der Waals surface area contributed by atoms with Crippen molar-refractivity contribution >= 4 is 11.7 Å². The molecule has 0 spiro atoms. The number of anilines is 1. The summed E-state index contributed by atoms with van der Waals surface area (Å²) in [4.78, 5) is 4.54. The van der Waals surface area contributed by atoms with Crippen molar-refractivity contribution in [2.24, 2.45) is 0 Å². The van der Waals surface area contributed by atoms with Gasteiger partial charge < -0.3 is 14.1 Å². The monoisotopic (exact) mass is 271 g/mol. The molecule has 20 heavy (non-hydrogen) atoms. The van der Waals surface area contributed by atoms with Gasteiger partial charge in [0.25, 0.3) is 0 Å². The predicted octanol–water partition coefficient (Wildman–Crippen LogP) is 2.59. The Hall–Kier alpha value is -2.37. The lowest BCUT2D eigenvalue weighted by molar-refractivity contribution is 0.500. The quantitative estimate of drug-likeness (QED) is 0.772. The minimum absolute atomic E-state index is 0.447. The Kier molecular flexibility index (Phi) is 3.37. The third kappa shape index (κ3) is 2.49. The number of pyridine rings is 1. The highest BCUT2D eigenvalue weighted by Crippen LogP contribution is 2.11. The molecule has 0 aliphatic heterocycles. The van der Waals surface area contributed by atoms with Crippen LogP contribution in [0.5, 0.6) is 0 Å². The van der Waals surface area contributed by atoms with E-state index in [0.29, 0.717) is 18.5 Å². The molecule has 0 atom stereocenters. The van der Waals surface area contributed by atoms with Crippen LogP contribution in [0, 0.1) is 6.92 Å². The predicted molar refractivity (Wildman–Crippen MR) is 75.5 cm³/mol. The molecule has 0 aromatic carbocycles. The summed E-state index contributed by atoms with van der Waals surface area (Å²) in [5.74, 6) is 0.667. The fourth-order valence-corrected chi connectivity index (χ4v) is 2.09. The Labute approximate surface area is 116 Å². The Morgan fingerprint density at radius 2 is 2.20 bits per heavy atom. The van der Waals surface area contributed by atoms with E-state index in [9.17, 15) is 0 Å². The summed E-state index contributed by atoms with van der Waals surface area (Å²) in [5, 5.41) is 11.0. The molecule has 0 radical (unpaired) electrons. The zero-order chi connectivity index (χ0) is 13.9. The van der Waals surface area contributed by atoms with E-state index in [-0.39, 0.29) is 0 Å². The van der Waals surface area contributed by atoms with Gasteiger partial charge >= 0.3 is 6.01 Å². The minimum Gasteiger partial charge on any atom is -0.408 e. The van der Waals surface area contributed by atoms with Crippen molar-refractivity contribution in [3.8, 4) is 0 Å². The number of rotatable bonds is 5. The van der Waals surface area contributed by atoms with Crippen molar-refractivity contribution in [3.63, 3.8) is 0 Å². The van der Waals surface area contributed by atoms with Crippen molar-refractivity contribution in [3.05, 3.63) is 41.7 Å². The van der Waals surface area contributed by atoms with E-state index in [2.05, 4.69) is 44.8 Å². The zero-order valence-corrected chi connectivity index (χ0v) is 11.6. The molecule has 0 bridgehead atoms. The number of imidazole rings is 1. The molecule has 6 nitrogen and oxygen atoms in total. The molecule has 104 valence electrons. The van der Waals surface area contributed by atoms with Crippen LogP contribution in [0.1, 0.15) is 30.6 Å². The SMILES string of the molecule is CCCc1nnc(NCc2cn3c(C)cccc3n2)o1. The number of hydrogen-bond donors (Lipinski definition) is 1. The van der Waals surface area contributed by atoms with Crippen LogP contribution in [0.2, 0.25) is 0 Å². The molecule has 6 heteroatoms. The highest BCUT2D eigenvalue weighted by molar-refractivity contribution is 5.42. The molecule has 0 saturated carbocycles. The van der Waals surface area contributed by atoms with Gasteiger partial charge in [-0.25, -0.2) is 4.98 Å². The maximum Gasteiger partial charge on any atom is 0.315 e. The van der Waals surface area contributed by atoms with Gasteiger partial charge in [0.05, 0.1) is 12.2 Å². The normalized spacial score (nSPS) is 11.1. The molecule has 3 rings (SSSR count). The average Bonchev–Trinajstić information content (AvgIpc) is 3.04. The Bertz CT molecular complexity index is 715. The first kappa shape index (κ1) is 12.7. The molecule has 3 heterocycles. The van der Waals surface area contributed by atoms with E-state index < -0.39 is 0 Å². The molecular formula is C14H17N5O. The number of nitrogens with zero attached hydrogens (tertiary/aromatic N) is 4. The van der Waals surface area contributed by atoms with Gasteiger partial charge in [-0.2, -0.15) is 0 Å². The van der Waals surface area contributed by atoms with E-state index in [1.54, 1.807) is 0 Å². The average molecular weight is 271 g/mol. The standard InChI is InChI=1S/C14H17N5O/c1-3-5-13-17-18-14(20-13)15-8-11-9-19-10(2)6-4-7-12(19)16-11/h4,6-7,9H,3,5,8H2,1-2H3,(H,15,18). The molecule has 0 fully saturated rings. The smallest absolute Gasteiger partial charge is 0.315 e. The van der Waals surface area contributed by atoms with E-state index in [1.807, 2.05) is 18.3 Å². The molecule has 0 aliphatic carbocycles. The number of aryl methyl sites for hydroxylation is 2. The second kappa shape index (κ2) is 5.32. The lowest BCUT2D eigenvalue weighted by Gasteiger charge is -1.97. The largest absolute Gasteiger partial charge is 0.408 e. The van der Waals surface area contributed by atoms with Crippen LogP contribution in [0.3, 0.4) is 0 Å². The summed E-state index contributed by atoms with van der Waals surface area (Å²) in [6.45, 7) is 4.70. The second-order valence-electron chi connectivity index (χ2n) is 4.73. The summed E-state index contributed by atoms with van der Waals surface area (Å²) in [7, 11) is 0. The Balaban J connectivity index is 1.71. The Morgan fingerprint density at radius 3 is 3.00 bits per heavy atom. The third-order valence-electron chi connectivity index (χ3n) is 3.10. The fraction of sp³-hybridized carbons (Fsp3) is 0.357. The van der Waals surface area contributed by atoms with Gasteiger partial charge in [-0.1, -0.05) is 18.1 Å². The van der Waals surface area contributed by atoms with Crippen LogP contribution in [-0.4, -0.2) is 19.6 Å². The maximum atomic E-state index is 5.48. The molecule has 3 aromatic rings. The first-order valence-electron chi connectivity index (χ1n) is 6.76. The van der Waals surface area contributed by atoms with Gasteiger partial charge in [-0.15, -0.1) is 5.10 Å². The van der Waals surface area contributed by atoms with Crippen LogP contribution in [0.25, 0.3) is 5.65 Å². The molecule has 0 aliphatic rings. The number of hydrogen-bond acceptors (Lipinski definition) is 5. The molecule has 0 amide bonds. The molecule has 0 saturated heterocycles. The van der Waals surface area contributed by atoms with Crippen molar-refractivity contribution in [1.82, 2.24) is 19.6 Å². The second-order valence-corrected chi connectivity index (χ2v) is 4.73. The molecule has 0 unspecified atom stereocenters. The van der Waals surface area contributed by atoms with Crippen LogP contribution < -0.4 is 5.32 Å². The van der Waals surface area contributed by atoms with E-state index in [0.717, 1.165) is 29.9 Å². The van der Waals surface area contributed by atoms with E-state index in [4.69, 9.17) is 4.42 Å². The first-order chi connectivity index (χ1) is 9.76. The van der Waals surface area contributed by atoms with E-state index >= 15 is 0 Å². The summed E-state index contributed by atoms with van der Waals surface area (Å²) in [5.41, 5.74) is 3.04. The van der Waals surface area contributed by atoms with Crippen molar-refractivity contribution in [1.29, 1.82) is 0 Å². The molecule has 1 N–H and O–H groups in total. The lowest BCUT2D eigenvalue weighted by atomic mass is 10.3. The minimum atomic E-state index is 0.447. The van der Waals surface area contributed by atoms with Crippen molar-refractivity contribution in [2.45, 2.75) is 33.2 Å². The summed E-state index contributed by atoms with van der Waals surface area (Å²) in [6, 6.07) is 6.50.